The van der Waals surface area contributed by atoms with E-state index in [0.29, 0.717) is 5.69 Å². The zero-order chi connectivity index (χ0) is 15.8. The van der Waals surface area contributed by atoms with Gasteiger partial charge in [-0.1, -0.05) is 0 Å². The first-order valence-electron chi connectivity index (χ1n) is 5.62. The summed E-state index contributed by atoms with van der Waals surface area (Å²) in [6.07, 6.45) is 3.04. The third kappa shape index (κ3) is 6.01. The number of carboxylic acids is 1. The Morgan fingerprint density at radius 1 is 1.00 bits per heavy atom. The number of hydrogen-bond acceptors (Lipinski definition) is 4. The third-order valence-corrected chi connectivity index (χ3v) is 3.07. The summed E-state index contributed by atoms with van der Waals surface area (Å²) < 4.78 is 1.64. The van der Waals surface area contributed by atoms with E-state index in [1.54, 1.807) is 31.4 Å². The first kappa shape index (κ1) is 17.3. The van der Waals surface area contributed by atoms with Crippen LogP contribution in [0.1, 0.15) is 21.0 Å². The SMILES string of the molecule is CNC(=O)c1ccc(Br)cn1.O=C(O)c1ccc(Br)cn1. The lowest BCUT2D eigenvalue weighted by Crippen LogP contribution is -2.18. The molecule has 2 heterocycles. The number of carbonyl (C=O) groups excluding carboxylic acids is 1. The van der Waals surface area contributed by atoms with Crippen LogP contribution in [0, 0.1) is 0 Å². The van der Waals surface area contributed by atoms with E-state index in [4.69, 9.17) is 5.11 Å². The summed E-state index contributed by atoms with van der Waals surface area (Å²) in [6, 6.07) is 6.50. The van der Waals surface area contributed by atoms with Crippen LogP contribution in [0.2, 0.25) is 0 Å². The molecule has 0 radical (unpaired) electrons. The average Bonchev–Trinajstić information content (AvgIpc) is 2.48. The maximum atomic E-state index is 10.9. The Labute approximate surface area is 137 Å². The molecule has 2 aromatic heterocycles. The number of carboxylic acid groups (broad SMARTS) is 1. The molecule has 0 saturated heterocycles. The summed E-state index contributed by atoms with van der Waals surface area (Å²) in [4.78, 5) is 28.7. The molecule has 0 unspecified atom stereocenters. The van der Waals surface area contributed by atoms with Gasteiger partial charge >= 0.3 is 5.97 Å². The van der Waals surface area contributed by atoms with E-state index in [2.05, 4.69) is 47.1 Å². The molecule has 0 aromatic carbocycles. The Balaban J connectivity index is 0.000000211. The number of hydrogen-bond donors (Lipinski definition) is 2. The molecule has 8 heteroatoms. The van der Waals surface area contributed by atoms with Gasteiger partial charge in [-0.15, -0.1) is 0 Å². The molecule has 2 N–H and O–H groups in total. The molecule has 21 heavy (non-hydrogen) atoms. The normalized spacial score (nSPS) is 9.29. The number of aromatic nitrogens is 2. The topological polar surface area (TPSA) is 92.2 Å². The van der Waals surface area contributed by atoms with Crippen LogP contribution in [-0.2, 0) is 0 Å². The van der Waals surface area contributed by atoms with Crippen molar-refractivity contribution in [1.82, 2.24) is 15.3 Å². The van der Waals surface area contributed by atoms with Crippen molar-refractivity contribution in [3.05, 3.63) is 57.0 Å². The van der Waals surface area contributed by atoms with Gasteiger partial charge in [0.1, 0.15) is 11.4 Å². The Kier molecular flexibility index (Phi) is 6.97. The van der Waals surface area contributed by atoms with E-state index >= 15 is 0 Å². The lowest BCUT2D eigenvalue weighted by molar-refractivity contribution is 0.0690. The minimum atomic E-state index is -1.01. The summed E-state index contributed by atoms with van der Waals surface area (Å²) in [5, 5.41) is 10.9. The van der Waals surface area contributed by atoms with Crippen molar-refractivity contribution in [2.24, 2.45) is 0 Å². The van der Waals surface area contributed by atoms with Gasteiger partial charge in [0, 0.05) is 28.4 Å². The van der Waals surface area contributed by atoms with Crippen LogP contribution in [0.5, 0.6) is 0 Å². The molecule has 0 aliphatic carbocycles. The van der Waals surface area contributed by atoms with E-state index in [1.807, 2.05) is 0 Å². The molecule has 0 spiro atoms. The van der Waals surface area contributed by atoms with E-state index < -0.39 is 5.97 Å². The van der Waals surface area contributed by atoms with Crippen molar-refractivity contribution >= 4 is 43.7 Å². The molecule has 0 aliphatic rings. The van der Waals surface area contributed by atoms with Crippen LogP contribution in [0.25, 0.3) is 0 Å². The van der Waals surface area contributed by atoms with E-state index in [-0.39, 0.29) is 11.6 Å². The third-order valence-electron chi connectivity index (χ3n) is 2.13. The van der Waals surface area contributed by atoms with Crippen molar-refractivity contribution in [2.45, 2.75) is 0 Å². The van der Waals surface area contributed by atoms with Gasteiger partial charge < -0.3 is 10.4 Å². The summed E-state index contributed by atoms with van der Waals surface area (Å²) in [7, 11) is 1.58. The predicted octanol–water partition coefficient (Wildman–Crippen LogP) is 2.75. The van der Waals surface area contributed by atoms with Gasteiger partial charge in [0.25, 0.3) is 5.91 Å². The zero-order valence-electron chi connectivity index (χ0n) is 10.9. The van der Waals surface area contributed by atoms with Gasteiger partial charge in [-0.3, -0.25) is 4.79 Å². The number of rotatable bonds is 2. The second-order valence-corrected chi connectivity index (χ2v) is 5.44. The van der Waals surface area contributed by atoms with Crippen LogP contribution >= 0.6 is 31.9 Å². The van der Waals surface area contributed by atoms with Crippen molar-refractivity contribution in [1.29, 1.82) is 0 Å². The van der Waals surface area contributed by atoms with Crippen LogP contribution in [0.15, 0.2) is 45.6 Å². The largest absolute Gasteiger partial charge is 0.477 e. The molecule has 2 aromatic rings. The number of pyridine rings is 2. The van der Waals surface area contributed by atoms with Crippen LogP contribution in [0.4, 0.5) is 0 Å². The Bertz CT molecular complexity index is 616. The fourth-order valence-electron chi connectivity index (χ4n) is 1.14. The van der Waals surface area contributed by atoms with Gasteiger partial charge in [-0.2, -0.15) is 0 Å². The molecule has 110 valence electrons. The number of halogens is 2. The maximum Gasteiger partial charge on any atom is 0.354 e. The Hall–Kier alpha value is -1.80. The molecule has 0 aliphatic heterocycles. The lowest BCUT2D eigenvalue weighted by atomic mass is 10.3. The number of aromatic carboxylic acids is 1. The molecular formula is C13H11Br2N3O3. The Morgan fingerprint density at radius 3 is 1.81 bits per heavy atom. The summed E-state index contributed by atoms with van der Waals surface area (Å²) in [6.45, 7) is 0. The predicted molar refractivity (Wildman–Crippen MR) is 84.2 cm³/mol. The molecule has 1 amide bonds. The standard InChI is InChI=1S/C7H7BrN2O.C6H4BrNO2/c1-9-7(11)6-3-2-5(8)4-10-6;7-4-1-2-5(6(9)10)8-3-4/h2-4H,1H3,(H,9,11);1-3H,(H,9,10). The minimum absolute atomic E-state index is 0.0585. The number of nitrogens with zero attached hydrogens (tertiary/aromatic N) is 2. The second-order valence-electron chi connectivity index (χ2n) is 3.61. The summed E-state index contributed by atoms with van der Waals surface area (Å²) in [5.41, 5.74) is 0.485. The summed E-state index contributed by atoms with van der Waals surface area (Å²) >= 11 is 6.36. The second kappa shape index (κ2) is 8.48. The molecule has 0 fully saturated rings. The van der Waals surface area contributed by atoms with Gasteiger partial charge in [0.05, 0.1) is 0 Å². The van der Waals surface area contributed by atoms with Gasteiger partial charge in [0.15, 0.2) is 0 Å². The van der Waals surface area contributed by atoms with Gasteiger partial charge in [-0.05, 0) is 56.1 Å². The smallest absolute Gasteiger partial charge is 0.354 e. The first-order valence-corrected chi connectivity index (χ1v) is 7.21. The first-order chi connectivity index (χ1) is 9.93. The summed E-state index contributed by atoms with van der Waals surface area (Å²) in [5.74, 6) is -1.18. The molecule has 0 bridgehead atoms. The van der Waals surface area contributed by atoms with E-state index in [0.717, 1.165) is 8.95 Å². The van der Waals surface area contributed by atoms with Gasteiger partial charge in [0.2, 0.25) is 0 Å². The molecule has 6 nitrogen and oxygen atoms in total. The highest BCUT2D eigenvalue weighted by Crippen LogP contribution is 2.07. The minimum Gasteiger partial charge on any atom is -0.477 e. The van der Waals surface area contributed by atoms with Gasteiger partial charge in [-0.25, -0.2) is 14.8 Å². The number of carbonyl (C=O) groups is 2. The van der Waals surface area contributed by atoms with E-state index in [9.17, 15) is 9.59 Å². The monoisotopic (exact) mass is 415 g/mol. The fraction of sp³-hybridized carbons (Fsp3) is 0.0769. The fourth-order valence-corrected chi connectivity index (χ4v) is 1.61. The number of amides is 1. The average molecular weight is 417 g/mol. The van der Waals surface area contributed by atoms with E-state index in [1.165, 1.54) is 12.3 Å². The molecular weight excluding hydrogens is 406 g/mol. The highest BCUT2D eigenvalue weighted by molar-refractivity contribution is 9.10. The molecule has 2 rings (SSSR count). The van der Waals surface area contributed by atoms with Crippen molar-refractivity contribution in [3.63, 3.8) is 0 Å². The Morgan fingerprint density at radius 2 is 1.48 bits per heavy atom. The van der Waals surface area contributed by atoms with Crippen LogP contribution < -0.4 is 5.32 Å². The zero-order valence-corrected chi connectivity index (χ0v) is 14.1. The highest BCUT2D eigenvalue weighted by atomic mass is 79.9. The van der Waals surface area contributed by atoms with Crippen molar-refractivity contribution in [2.75, 3.05) is 7.05 Å². The lowest BCUT2D eigenvalue weighted by Gasteiger charge is -1.96. The number of nitrogens with one attached hydrogen (secondary N) is 1. The highest BCUT2D eigenvalue weighted by Gasteiger charge is 2.02. The van der Waals surface area contributed by atoms with Crippen molar-refractivity contribution in [3.8, 4) is 0 Å². The maximum absolute atomic E-state index is 10.9. The quantitative estimate of drug-likeness (QED) is 0.785. The molecule has 0 saturated carbocycles. The molecule has 0 atom stereocenters. The van der Waals surface area contributed by atoms with Crippen LogP contribution in [0.3, 0.4) is 0 Å². The van der Waals surface area contributed by atoms with Crippen LogP contribution in [-0.4, -0.2) is 34.0 Å². The van der Waals surface area contributed by atoms with Crippen molar-refractivity contribution < 1.29 is 14.7 Å².